The number of hydrogen-bond donors (Lipinski definition) is 0. The number of methoxy groups -OCH3 is 1. The van der Waals surface area contributed by atoms with Gasteiger partial charge in [0.05, 0.1) is 12.2 Å². The summed E-state index contributed by atoms with van der Waals surface area (Å²) >= 11 is 0. The molecule has 26 heavy (non-hydrogen) atoms. The first-order valence-corrected chi connectivity index (χ1v) is 9.10. The van der Waals surface area contributed by atoms with Crippen LogP contribution in [0.3, 0.4) is 0 Å². The summed E-state index contributed by atoms with van der Waals surface area (Å²) in [6.45, 7) is 1.62. The summed E-state index contributed by atoms with van der Waals surface area (Å²) in [6, 6.07) is 7.29. The number of benzene rings is 1. The first-order chi connectivity index (χ1) is 12.1. The number of hydrogen-bond acceptors (Lipinski definition) is 7. The van der Waals surface area contributed by atoms with Crippen molar-refractivity contribution in [2.75, 3.05) is 7.11 Å². The van der Waals surface area contributed by atoms with E-state index in [1.54, 1.807) is 13.0 Å². The molecule has 0 saturated carbocycles. The molecule has 7 nitrogen and oxygen atoms in total. The van der Waals surface area contributed by atoms with Crippen molar-refractivity contribution < 1.29 is 44.7 Å². The van der Waals surface area contributed by atoms with E-state index in [1.807, 2.05) is 0 Å². The van der Waals surface area contributed by atoms with Gasteiger partial charge in [-0.15, -0.1) is 0 Å². The van der Waals surface area contributed by atoms with Crippen LogP contribution in [0.2, 0.25) is 0 Å². The Morgan fingerprint density at radius 3 is 2.42 bits per heavy atom. The fraction of sp³-hybridized carbons (Fsp3) is 0.600. The van der Waals surface area contributed by atoms with Gasteiger partial charge in [-0.05, 0) is 6.92 Å². The standard InChI is InChI=1S/C15H17F3O7S/c1-9-13-11(8-12(21-2)22-9)23-14(24-13,10-6-4-3-5-7-10)25-26(19,20)15(16,17)18/h3-7,9,11-13H,8H2,1-2H3/t9-,11-,12+,13+,14?/m1/s1. The first kappa shape index (κ1) is 19.5. The number of alkyl halides is 3. The number of fused-ring (bicyclic) bond motifs is 1. The highest BCUT2D eigenvalue weighted by Crippen LogP contribution is 2.46. The Labute approximate surface area is 148 Å². The van der Waals surface area contributed by atoms with E-state index in [4.69, 9.17) is 18.9 Å². The molecule has 0 aromatic heterocycles. The number of halogens is 3. The Kier molecular flexibility index (Phi) is 5.05. The van der Waals surface area contributed by atoms with Gasteiger partial charge in [0.15, 0.2) is 6.29 Å². The third-order valence-electron chi connectivity index (χ3n) is 4.11. The molecular weight excluding hydrogens is 381 g/mol. The number of ether oxygens (including phenoxy) is 4. The highest BCUT2D eigenvalue weighted by atomic mass is 32.2. The molecule has 5 atom stereocenters. The maximum Gasteiger partial charge on any atom is 0.523 e. The first-order valence-electron chi connectivity index (χ1n) is 7.69. The SMILES string of the molecule is CO[C@@H]1C[C@H]2OC(OS(=O)(=O)C(F)(F)F)(c3ccccc3)O[C@H]2[C@@H](C)O1. The van der Waals surface area contributed by atoms with Gasteiger partial charge in [-0.1, -0.05) is 30.3 Å². The number of rotatable bonds is 4. The molecule has 2 fully saturated rings. The van der Waals surface area contributed by atoms with Crippen LogP contribution in [-0.2, 0) is 39.2 Å². The van der Waals surface area contributed by atoms with Crippen LogP contribution >= 0.6 is 0 Å². The second-order valence-corrected chi connectivity index (χ2v) is 7.42. The van der Waals surface area contributed by atoms with Gasteiger partial charge in [0.25, 0.3) is 0 Å². The van der Waals surface area contributed by atoms with Gasteiger partial charge >= 0.3 is 21.6 Å². The maximum atomic E-state index is 12.9. The zero-order valence-electron chi connectivity index (χ0n) is 13.8. The topological polar surface area (TPSA) is 80.3 Å². The minimum atomic E-state index is -5.99. The van der Waals surface area contributed by atoms with Crippen molar-refractivity contribution in [3.63, 3.8) is 0 Å². The summed E-state index contributed by atoms with van der Waals surface area (Å²) in [7, 11) is -4.58. The zero-order valence-corrected chi connectivity index (χ0v) is 14.6. The molecular formula is C15H17F3O7S. The summed E-state index contributed by atoms with van der Waals surface area (Å²) in [6.07, 6.45) is -2.78. The van der Waals surface area contributed by atoms with E-state index in [-0.39, 0.29) is 12.0 Å². The molecule has 0 aliphatic carbocycles. The summed E-state index contributed by atoms with van der Waals surface area (Å²) in [5.74, 6) is -2.56. The van der Waals surface area contributed by atoms with Gasteiger partial charge in [-0.2, -0.15) is 25.8 Å². The Morgan fingerprint density at radius 2 is 1.85 bits per heavy atom. The Balaban J connectivity index is 1.99. The van der Waals surface area contributed by atoms with Crippen LogP contribution in [-0.4, -0.2) is 45.6 Å². The van der Waals surface area contributed by atoms with Gasteiger partial charge in [-0.3, -0.25) is 0 Å². The molecule has 1 unspecified atom stereocenters. The minimum absolute atomic E-state index is 0.0246. The van der Waals surface area contributed by atoms with E-state index in [2.05, 4.69) is 4.18 Å². The molecule has 0 amide bonds. The normalized spacial score (nSPS) is 35.3. The van der Waals surface area contributed by atoms with Crippen LogP contribution in [0, 0.1) is 0 Å². The third-order valence-corrected chi connectivity index (χ3v) is 5.12. The fourth-order valence-electron chi connectivity index (χ4n) is 2.90. The maximum absolute atomic E-state index is 12.9. The Hall–Kier alpha value is -1.24. The molecule has 0 radical (unpaired) electrons. The van der Waals surface area contributed by atoms with Gasteiger partial charge in [0.1, 0.15) is 6.10 Å². The monoisotopic (exact) mass is 398 g/mol. The lowest BCUT2D eigenvalue weighted by Gasteiger charge is -2.33. The average Bonchev–Trinajstić information content (AvgIpc) is 2.94. The van der Waals surface area contributed by atoms with Crippen molar-refractivity contribution in [3.05, 3.63) is 35.9 Å². The van der Waals surface area contributed by atoms with Gasteiger partial charge < -0.3 is 18.9 Å². The highest BCUT2D eigenvalue weighted by molar-refractivity contribution is 7.87. The third kappa shape index (κ3) is 3.47. The molecule has 2 saturated heterocycles. The van der Waals surface area contributed by atoms with Crippen LogP contribution < -0.4 is 0 Å². The summed E-state index contributed by atoms with van der Waals surface area (Å²) in [4.78, 5) is 0. The van der Waals surface area contributed by atoms with E-state index in [0.717, 1.165) is 0 Å². The lowest BCUT2D eigenvalue weighted by atomic mass is 10.0. The summed E-state index contributed by atoms with van der Waals surface area (Å²) < 4.78 is 88.1. The lowest BCUT2D eigenvalue weighted by molar-refractivity contribution is -0.313. The van der Waals surface area contributed by atoms with E-state index in [9.17, 15) is 21.6 Å². The van der Waals surface area contributed by atoms with Gasteiger partial charge in [-0.25, -0.2) is 0 Å². The molecule has 0 bridgehead atoms. The van der Waals surface area contributed by atoms with Crippen molar-refractivity contribution in [1.29, 1.82) is 0 Å². The quantitative estimate of drug-likeness (QED) is 0.568. The fourth-order valence-corrected chi connectivity index (χ4v) is 3.46. The van der Waals surface area contributed by atoms with Gasteiger partial charge in [0.2, 0.25) is 0 Å². The summed E-state index contributed by atoms with van der Waals surface area (Å²) in [5, 5.41) is 0. The molecule has 3 rings (SSSR count). The molecule has 2 aliphatic heterocycles. The van der Waals surface area contributed by atoms with Crippen LogP contribution in [0.25, 0.3) is 0 Å². The molecule has 0 N–H and O–H groups in total. The zero-order chi connectivity index (χ0) is 19.2. The molecule has 11 heteroatoms. The van der Waals surface area contributed by atoms with Crippen molar-refractivity contribution in [1.82, 2.24) is 0 Å². The largest absolute Gasteiger partial charge is 0.523 e. The predicted octanol–water partition coefficient (Wildman–Crippen LogP) is 2.23. The smallest absolute Gasteiger partial charge is 0.356 e. The van der Waals surface area contributed by atoms with Crippen LogP contribution in [0.5, 0.6) is 0 Å². The van der Waals surface area contributed by atoms with Gasteiger partial charge in [0, 0.05) is 19.1 Å². The average molecular weight is 398 g/mol. The molecule has 0 spiro atoms. The van der Waals surface area contributed by atoms with Crippen molar-refractivity contribution in [2.24, 2.45) is 0 Å². The van der Waals surface area contributed by atoms with E-state index in [1.165, 1.54) is 31.4 Å². The van der Waals surface area contributed by atoms with E-state index >= 15 is 0 Å². The minimum Gasteiger partial charge on any atom is -0.356 e. The van der Waals surface area contributed by atoms with E-state index in [0.29, 0.717) is 0 Å². The molecule has 146 valence electrons. The summed E-state index contributed by atoms with van der Waals surface area (Å²) in [5.41, 5.74) is -5.66. The molecule has 1 aromatic rings. The lowest BCUT2D eigenvalue weighted by Crippen LogP contribution is -2.45. The molecule has 1 aromatic carbocycles. The van der Waals surface area contributed by atoms with Crippen LogP contribution in [0.15, 0.2) is 30.3 Å². The van der Waals surface area contributed by atoms with Crippen LogP contribution in [0.4, 0.5) is 13.2 Å². The molecule has 2 heterocycles. The van der Waals surface area contributed by atoms with Crippen molar-refractivity contribution in [3.8, 4) is 0 Å². The van der Waals surface area contributed by atoms with E-state index < -0.39 is 46.2 Å². The second kappa shape index (κ2) is 6.73. The highest BCUT2D eigenvalue weighted by Gasteiger charge is 2.61. The Bertz CT molecular complexity index is 739. The van der Waals surface area contributed by atoms with Crippen molar-refractivity contribution in [2.45, 2.75) is 49.4 Å². The van der Waals surface area contributed by atoms with Crippen LogP contribution in [0.1, 0.15) is 18.9 Å². The van der Waals surface area contributed by atoms with Crippen molar-refractivity contribution >= 4 is 10.1 Å². The molecule has 2 aliphatic rings. The Morgan fingerprint density at radius 1 is 1.19 bits per heavy atom. The second-order valence-electron chi connectivity index (χ2n) is 5.89. The predicted molar refractivity (Wildman–Crippen MR) is 79.9 cm³/mol.